The van der Waals surface area contributed by atoms with E-state index in [4.69, 9.17) is 11.6 Å². The largest absolute Gasteiger partial charge is 0.390 e. The van der Waals surface area contributed by atoms with Gasteiger partial charge in [0.15, 0.2) is 5.65 Å². The van der Waals surface area contributed by atoms with Crippen molar-refractivity contribution in [1.29, 1.82) is 0 Å². The van der Waals surface area contributed by atoms with Gasteiger partial charge < -0.3 is 5.11 Å². The van der Waals surface area contributed by atoms with Crippen molar-refractivity contribution in [3.63, 3.8) is 0 Å². The summed E-state index contributed by atoms with van der Waals surface area (Å²) in [6.45, 7) is -0.105. The van der Waals surface area contributed by atoms with E-state index in [0.29, 0.717) is 22.1 Å². The molecule has 0 aliphatic carbocycles. The molecule has 90 valence electrons. The number of fused-ring (bicyclic) bond motifs is 1. The van der Waals surface area contributed by atoms with Gasteiger partial charge in [0.05, 0.1) is 23.0 Å². The molecule has 0 radical (unpaired) electrons. The average molecular weight is 260 g/mol. The minimum Gasteiger partial charge on any atom is -0.390 e. The standard InChI is InChI=1S/C13H10ClN3O/c14-10-4-2-6-17-11(8-18)12(16-13(10)17)9-3-1-5-15-7-9/h1-7,18H,8H2. The maximum absolute atomic E-state index is 9.53. The first-order valence-corrected chi connectivity index (χ1v) is 5.86. The highest BCUT2D eigenvalue weighted by atomic mass is 35.5. The van der Waals surface area contributed by atoms with Gasteiger partial charge in [-0.15, -0.1) is 0 Å². The van der Waals surface area contributed by atoms with Crippen molar-refractivity contribution in [3.8, 4) is 11.3 Å². The molecular weight excluding hydrogens is 250 g/mol. The van der Waals surface area contributed by atoms with E-state index in [1.54, 1.807) is 22.9 Å². The summed E-state index contributed by atoms with van der Waals surface area (Å²) in [5.74, 6) is 0. The smallest absolute Gasteiger partial charge is 0.156 e. The molecule has 0 atom stereocenters. The van der Waals surface area contributed by atoms with Crippen LogP contribution in [0.25, 0.3) is 16.9 Å². The van der Waals surface area contributed by atoms with Gasteiger partial charge in [0.25, 0.3) is 0 Å². The first-order chi connectivity index (χ1) is 8.81. The van der Waals surface area contributed by atoms with E-state index >= 15 is 0 Å². The van der Waals surface area contributed by atoms with Crippen molar-refractivity contribution in [1.82, 2.24) is 14.4 Å². The van der Waals surface area contributed by atoms with Crippen LogP contribution >= 0.6 is 11.6 Å². The summed E-state index contributed by atoms with van der Waals surface area (Å²) < 4.78 is 1.80. The van der Waals surface area contributed by atoms with Gasteiger partial charge in [-0.1, -0.05) is 11.6 Å². The fourth-order valence-corrected chi connectivity index (χ4v) is 2.17. The molecule has 0 aliphatic rings. The normalized spacial score (nSPS) is 11.0. The Morgan fingerprint density at radius 1 is 1.28 bits per heavy atom. The maximum Gasteiger partial charge on any atom is 0.156 e. The van der Waals surface area contributed by atoms with Crippen LogP contribution in [0, 0.1) is 0 Å². The second-order valence-corrected chi connectivity index (χ2v) is 4.26. The third-order valence-corrected chi connectivity index (χ3v) is 3.08. The predicted octanol–water partition coefficient (Wildman–Crippen LogP) is 2.54. The van der Waals surface area contributed by atoms with Crippen LogP contribution < -0.4 is 0 Å². The van der Waals surface area contributed by atoms with Gasteiger partial charge in [0, 0.05) is 24.2 Å². The van der Waals surface area contributed by atoms with Crippen LogP contribution in [-0.4, -0.2) is 19.5 Å². The van der Waals surface area contributed by atoms with Gasteiger partial charge in [-0.2, -0.15) is 0 Å². The quantitative estimate of drug-likeness (QED) is 0.769. The van der Waals surface area contributed by atoms with Gasteiger partial charge in [-0.25, -0.2) is 4.98 Å². The molecule has 3 aromatic rings. The summed E-state index contributed by atoms with van der Waals surface area (Å²) in [4.78, 5) is 8.55. The molecule has 4 nitrogen and oxygen atoms in total. The molecule has 3 rings (SSSR count). The van der Waals surface area contributed by atoms with Crippen LogP contribution in [0.5, 0.6) is 0 Å². The third kappa shape index (κ3) is 1.66. The van der Waals surface area contributed by atoms with Crippen LogP contribution in [0.1, 0.15) is 5.69 Å². The highest BCUT2D eigenvalue weighted by molar-refractivity contribution is 6.33. The zero-order valence-corrected chi connectivity index (χ0v) is 10.2. The molecule has 1 N–H and O–H groups in total. The predicted molar refractivity (Wildman–Crippen MR) is 69.4 cm³/mol. The number of hydrogen-bond donors (Lipinski definition) is 1. The Labute approximate surface area is 109 Å². The summed E-state index contributed by atoms with van der Waals surface area (Å²) in [7, 11) is 0. The molecule has 0 bridgehead atoms. The van der Waals surface area contributed by atoms with Crippen molar-refractivity contribution >= 4 is 17.2 Å². The summed E-state index contributed by atoms with van der Waals surface area (Å²) in [6.07, 6.45) is 5.25. The zero-order valence-electron chi connectivity index (χ0n) is 9.42. The molecule has 3 heterocycles. The van der Waals surface area contributed by atoms with E-state index in [0.717, 1.165) is 5.56 Å². The zero-order chi connectivity index (χ0) is 12.5. The number of aliphatic hydroxyl groups excluding tert-OH is 1. The Morgan fingerprint density at radius 3 is 2.89 bits per heavy atom. The van der Waals surface area contributed by atoms with Crippen LogP contribution in [0.2, 0.25) is 5.02 Å². The second-order valence-electron chi connectivity index (χ2n) is 3.86. The molecule has 18 heavy (non-hydrogen) atoms. The van der Waals surface area contributed by atoms with Crippen molar-refractivity contribution in [2.45, 2.75) is 6.61 Å². The lowest BCUT2D eigenvalue weighted by molar-refractivity contribution is 0.276. The Balaban J connectivity index is 2.33. The molecule has 0 spiro atoms. The molecule has 0 amide bonds. The Bertz CT molecular complexity index is 694. The van der Waals surface area contributed by atoms with E-state index in [1.165, 1.54) is 0 Å². The van der Waals surface area contributed by atoms with Crippen LogP contribution in [0.15, 0.2) is 42.9 Å². The number of aliphatic hydroxyl groups is 1. The maximum atomic E-state index is 9.53. The lowest BCUT2D eigenvalue weighted by atomic mass is 10.2. The molecule has 0 aromatic carbocycles. The van der Waals surface area contributed by atoms with Gasteiger partial charge in [0.2, 0.25) is 0 Å². The summed E-state index contributed by atoms with van der Waals surface area (Å²) >= 11 is 6.11. The molecule has 0 saturated carbocycles. The molecular formula is C13H10ClN3O. The number of hydrogen-bond acceptors (Lipinski definition) is 3. The van der Waals surface area contributed by atoms with E-state index in [2.05, 4.69) is 9.97 Å². The Morgan fingerprint density at radius 2 is 2.17 bits per heavy atom. The van der Waals surface area contributed by atoms with E-state index in [1.807, 2.05) is 24.4 Å². The Hall–Kier alpha value is -1.91. The fraction of sp³-hybridized carbons (Fsp3) is 0.0769. The highest BCUT2D eigenvalue weighted by Gasteiger charge is 2.14. The molecule has 3 aromatic heterocycles. The van der Waals surface area contributed by atoms with Gasteiger partial charge >= 0.3 is 0 Å². The molecule has 0 unspecified atom stereocenters. The number of aromatic nitrogens is 3. The van der Waals surface area contributed by atoms with Gasteiger partial charge in [-0.3, -0.25) is 9.38 Å². The molecule has 0 fully saturated rings. The minimum atomic E-state index is -0.105. The SMILES string of the molecule is OCc1c(-c2cccnc2)nc2c(Cl)cccn12. The van der Waals surface area contributed by atoms with E-state index in [-0.39, 0.29) is 6.61 Å². The monoisotopic (exact) mass is 259 g/mol. The lowest BCUT2D eigenvalue weighted by Crippen LogP contribution is -1.94. The second kappa shape index (κ2) is 4.40. The molecule has 5 heteroatoms. The third-order valence-electron chi connectivity index (χ3n) is 2.79. The van der Waals surface area contributed by atoms with Crippen molar-refractivity contribution in [3.05, 3.63) is 53.6 Å². The number of pyridine rings is 2. The lowest BCUT2D eigenvalue weighted by Gasteiger charge is -2.01. The number of imidazole rings is 1. The van der Waals surface area contributed by atoms with Crippen molar-refractivity contribution < 1.29 is 5.11 Å². The first-order valence-electron chi connectivity index (χ1n) is 5.48. The van der Waals surface area contributed by atoms with E-state index in [9.17, 15) is 5.11 Å². The first kappa shape index (κ1) is 11.2. The van der Waals surface area contributed by atoms with Crippen LogP contribution in [0.4, 0.5) is 0 Å². The highest BCUT2D eigenvalue weighted by Crippen LogP contribution is 2.26. The molecule has 0 saturated heterocycles. The minimum absolute atomic E-state index is 0.105. The van der Waals surface area contributed by atoms with Crippen LogP contribution in [0.3, 0.4) is 0 Å². The van der Waals surface area contributed by atoms with Gasteiger partial charge in [0.1, 0.15) is 0 Å². The Kier molecular flexibility index (Phi) is 2.74. The fourth-order valence-electron chi connectivity index (χ4n) is 1.97. The summed E-state index contributed by atoms with van der Waals surface area (Å²) in [6, 6.07) is 7.34. The van der Waals surface area contributed by atoms with Crippen molar-refractivity contribution in [2.75, 3.05) is 0 Å². The van der Waals surface area contributed by atoms with E-state index < -0.39 is 0 Å². The topological polar surface area (TPSA) is 50.4 Å². The summed E-state index contributed by atoms with van der Waals surface area (Å²) in [5.41, 5.74) is 2.92. The number of halogens is 1. The summed E-state index contributed by atoms with van der Waals surface area (Å²) in [5, 5.41) is 10.1. The number of nitrogens with zero attached hydrogens (tertiary/aromatic N) is 3. The van der Waals surface area contributed by atoms with Gasteiger partial charge in [-0.05, 0) is 24.3 Å². The average Bonchev–Trinajstić information content (AvgIpc) is 2.80. The van der Waals surface area contributed by atoms with Crippen molar-refractivity contribution in [2.24, 2.45) is 0 Å². The number of rotatable bonds is 2. The molecule has 0 aliphatic heterocycles. The van der Waals surface area contributed by atoms with Crippen LogP contribution in [-0.2, 0) is 6.61 Å².